The lowest BCUT2D eigenvalue weighted by Gasteiger charge is -2.53. The summed E-state index contributed by atoms with van der Waals surface area (Å²) in [4.78, 5) is 15.6. The summed E-state index contributed by atoms with van der Waals surface area (Å²) in [7, 11) is 0. The molecule has 0 aliphatic heterocycles. The van der Waals surface area contributed by atoms with Crippen LogP contribution in [0.4, 0.5) is 0 Å². The van der Waals surface area contributed by atoms with Crippen molar-refractivity contribution in [2.45, 2.75) is 38.0 Å². The number of amides is 1. The summed E-state index contributed by atoms with van der Waals surface area (Å²) in [5.74, 6) is 8.84. The first-order valence-corrected chi connectivity index (χ1v) is 7.09. The van der Waals surface area contributed by atoms with Crippen molar-refractivity contribution in [2.75, 3.05) is 0 Å². The smallest absolute Gasteiger partial charge is 0.323 e. The van der Waals surface area contributed by atoms with Crippen LogP contribution in [0.3, 0.4) is 0 Å². The number of nitrogens with one attached hydrogen (secondary N) is 1. The van der Waals surface area contributed by atoms with Gasteiger partial charge in [-0.25, -0.2) is 5.84 Å². The second-order valence-corrected chi connectivity index (χ2v) is 6.39. The van der Waals surface area contributed by atoms with E-state index in [0.717, 1.165) is 11.8 Å². The van der Waals surface area contributed by atoms with Gasteiger partial charge in [0.15, 0.2) is 5.82 Å². The Kier molecular flexibility index (Phi) is 2.42. The monoisotopic (exact) mass is 262 g/mol. The highest BCUT2D eigenvalue weighted by molar-refractivity contribution is 5.88. The maximum atomic E-state index is 11.4. The van der Waals surface area contributed by atoms with E-state index >= 15 is 0 Å². The third-order valence-electron chi connectivity index (χ3n) is 5.29. The number of aromatic nitrogens is 2. The molecule has 1 amide bonds. The third-order valence-corrected chi connectivity index (χ3v) is 5.29. The van der Waals surface area contributed by atoms with Crippen molar-refractivity contribution in [3.63, 3.8) is 0 Å². The Balaban J connectivity index is 1.62. The van der Waals surface area contributed by atoms with Gasteiger partial charge in [0.2, 0.25) is 0 Å². The zero-order chi connectivity index (χ0) is 13.0. The average molecular weight is 262 g/mol. The van der Waals surface area contributed by atoms with E-state index in [4.69, 9.17) is 10.4 Å². The Morgan fingerprint density at radius 2 is 1.79 bits per heavy atom. The molecule has 4 aliphatic rings. The fourth-order valence-electron chi connectivity index (χ4n) is 4.87. The molecule has 6 heteroatoms. The number of hydrogen-bond acceptors (Lipinski definition) is 5. The summed E-state index contributed by atoms with van der Waals surface area (Å²) in [6.07, 6.45) is 6.61. The molecule has 0 unspecified atom stereocenters. The first-order chi connectivity index (χ1) is 9.24. The molecule has 0 saturated heterocycles. The topological polar surface area (TPSA) is 94.0 Å². The molecule has 5 rings (SSSR count). The van der Waals surface area contributed by atoms with E-state index in [1.165, 1.54) is 32.1 Å². The first-order valence-electron chi connectivity index (χ1n) is 7.09. The lowest BCUT2D eigenvalue weighted by atomic mass is 9.52. The maximum absolute atomic E-state index is 11.4. The molecule has 19 heavy (non-hydrogen) atoms. The summed E-state index contributed by atoms with van der Waals surface area (Å²) >= 11 is 0. The molecule has 4 saturated carbocycles. The van der Waals surface area contributed by atoms with Crippen molar-refractivity contribution in [3.05, 3.63) is 11.7 Å². The van der Waals surface area contributed by atoms with Gasteiger partial charge < -0.3 is 4.52 Å². The Labute approximate surface area is 111 Å². The number of rotatable bonds is 2. The second-order valence-electron chi connectivity index (χ2n) is 6.39. The SMILES string of the molecule is NNC(=O)c1nc(C2C3CC4CC(C3)CC2C4)no1. The van der Waals surface area contributed by atoms with Gasteiger partial charge in [-0.15, -0.1) is 0 Å². The van der Waals surface area contributed by atoms with Crippen LogP contribution >= 0.6 is 0 Å². The summed E-state index contributed by atoms with van der Waals surface area (Å²) in [5, 5.41) is 4.03. The number of nitrogens with two attached hydrogens (primary N) is 1. The van der Waals surface area contributed by atoms with E-state index in [2.05, 4.69) is 10.1 Å². The molecule has 3 N–H and O–H groups in total. The van der Waals surface area contributed by atoms with Crippen molar-refractivity contribution >= 4 is 5.91 Å². The van der Waals surface area contributed by atoms with Crippen molar-refractivity contribution in [2.24, 2.45) is 29.5 Å². The van der Waals surface area contributed by atoms with Gasteiger partial charge in [0.05, 0.1) is 0 Å². The van der Waals surface area contributed by atoms with Gasteiger partial charge in [0.1, 0.15) is 0 Å². The summed E-state index contributed by atoms with van der Waals surface area (Å²) < 4.78 is 5.02. The van der Waals surface area contributed by atoms with Gasteiger partial charge in [-0.1, -0.05) is 5.16 Å². The molecule has 1 heterocycles. The third kappa shape index (κ3) is 1.69. The lowest BCUT2D eigenvalue weighted by molar-refractivity contribution is -0.00629. The summed E-state index contributed by atoms with van der Waals surface area (Å²) in [6.45, 7) is 0. The number of nitrogens with zero attached hydrogens (tertiary/aromatic N) is 2. The Morgan fingerprint density at radius 3 is 2.37 bits per heavy atom. The second kappa shape index (κ2) is 4.03. The maximum Gasteiger partial charge on any atom is 0.323 e. The molecule has 102 valence electrons. The van der Waals surface area contributed by atoms with Crippen LogP contribution in [0.15, 0.2) is 4.52 Å². The van der Waals surface area contributed by atoms with Crippen LogP contribution in [0.1, 0.15) is 54.5 Å². The lowest BCUT2D eigenvalue weighted by Crippen LogP contribution is -2.44. The molecule has 0 radical (unpaired) electrons. The zero-order valence-electron chi connectivity index (χ0n) is 10.7. The molecular formula is C13H18N4O2. The number of hydrogen-bond donors (Lipinski definition) is 2. The van der Waals surface area contributed by atoms with E-state index in [0.29, 0.717) is 23.6 Å². The minimum Gasteiger partial charge on any atom is -0.328 e. The van der Waals surface area contributed by atoms with Crippen molar-refractivity contribution in [1.29, 1.82) is 0 Å². The molecule has 4 bridgehead atoms. The van der Waals surface area contributed by atoms with E-state index in [1.807, 2.05) is 5.43 Å². The van der Waals surface area contributed by atoms with Crippen LogP contribution in [0.25, 0.3) is 0 Å². The Bertz CT molecular complexity index is 484. The van der Waals surface area contributed by atoms with Gasteiger partial charge in [-0.05, 0) is 55.8 Å². The van der Waals surface area contributed by atoms with Crippen LogP contribution < -0.4 is 11.3 Å². The highest BCUT2D eigenvalue weighted by Gasteiger charge is 2.50. The molecule has 0 aromatic carbocycles. The number of carbonyl (C=O) groups excluding carboxylic acids is 1. The van der Waals surface area contributed by atoms with Gasteiger partial charge in [-0.3, -0.25) is 10.2 Å². The van der Waals surface area contributed by atoms with E-state index < -0.39 is 5.91 Å². The van der Waals surface area contributed by atoms with Crippen LogP contribution in [-0.4, -0.2) is 16.0 Å². The highest BCUT2D eigenvalue weighted by Crippen LogP contribution is 2.59. The highest BCUT2D eigenvalue weighted by atomic mass is 16.5. The van der Waals surface area contributed by atoms with Crippen molar-refractivity contribution < 1.29 is 9.32 Å². The van der Waals surface area contributed by atoms with Crippen LogP contribution in [0.5, 0.6) is 0 Å². The first kappa shape index (κ1) is 11.4. The molecule has 0 spiro atoms. The van der Waals surface area contributed by atoms with Crippen LogP contribution in [-0.2, 0) is 0 Å². The summed E-state index contributed by atoms with van der Waals surface area (Å²) in [6, 6.07) is 0. The van der Waals surface area contributed by atoms with E-state index in [1.54, 1.807) is 0 Å². The Morgan fingerprint density at radius 1 is 1.16 bits per heavy atom. The van der Waals surface area contributed by atoms with Crippen molar-refractivity contribution in [3.8, 4) is 0 Å². The van der Waals surface area contributed by atoms with Crippen molar-refractivity contribution in [1.82, 2.24) is 15.6 Å². The molecular weight excluding hydrogens is 244 g/mol. The van der Waals surface area contributed by atoms with Gasteiger partial charge in [-0.2, -0.15) is 4.98 Å². The summed E-state index contributed by atoms with van der Waals surface area (Å²) in [5.41, 5.74) is 2.03. The number of carbonyl (C=O) groups is 1. The van der Waals surface area contributed by atoms with Gasteiger partial charge >= 0.3 is 11.8 Å². The molecule has 4 fully saturated rings. The van der Waals surface area contributed by atoms with Gasteiger partial charge in [0.25, 0.3) is 0 Å². The quantitative estimate of drug-likeness (QED) is 0.474. The standard InChI is InChI=1S/C13H18N4O2/c14-16-12(18)13-15-11(17-19-13)10-8-2-6-1-7(4-8)5-9(10)3-6/h6-10H,1-5,14H2,(H,16,18). The number of nitrogen functional groups attached to an aromatic ring is 1. The average Bonchev–Trinajstić information content (AvgIpc) is 2.86. The van der Waals surface area contributed by atoms with E-state index in [9.17, 15) is 4.79 Å². The normalized spacial score (nSPS) is 39.5. The molecule has 1 aromatic rings. The predicted molar refractivity (Wildman–Crippen MR) is 65.7 cm³/mol. The molecule has 4 aliphatic carbocycles. The van der Waals surface area contributed by atoms with Gasteiger partial charge in [0, 0.05) is 5.92 Å². The van der Waals surface area contributed by atoms with Crippen LogP contribution in [0, 0.1) is 23.7 Å². The molecule has 0 atom stereocenters. The molecule has 1 aromatic heterocycles. The minimum absolute atomic E-state index is 0.0219. The Hall–Kier alpha value is -1.43. The fraction of sp³-hybridized carbons (Fsp3) is 0.769. The number of hydrazine groups is 1. The molecule has 6 nitrogen and oxygen atoms in total. The van der Waals surface area contributed by atoms with E-state index in [-0.39, 0.29) is 5.89 Å². The zero-order valence-corrected chi connectivity index (χ0v) is 10.7. The minimum atomic E-state index is -0.512. The largest absolute Gasteiger partial charge is 0.328 e. The predicted octanol–water partition coefficient (Wildman–Crippen LogP) is 1.21. The van der Waals surface area contributed by atoms with Crippen LogP contribution in [0.2, 0.25) is 0 Å². The fourth-order valence-corrected chi connectivity index (χ4v) is 4.87.